The highest BCUT2D eigenvalue weighted by Gasteiger charge is 2.27. The van der Waals surface area contributed by atoms with Gasteiger partial charge in [0.15, 0.2) is 0 Å². The van der Waals surface area contributed by atoms with E-state index in [2.05, 4.69) is 15.5 Å². The maximum atomic E-state index is 12.3. The second-order valence-electron chi connectivity index (χ2n) is 5.83. The van der Waals surface area contributed by atoms with Gasteiger partial charge in [0.1, 0.15) is 22.8 Å². The number of nitrogens with one attached hydrogen (secondary N) is 2. The minimum absolute atomic E-state index is 0.0102. The zero-order chi connectivity index (χ0) is 17.9. The van der Waals surface area contributed by atoms with Crippen LogP contribution in [0.25, 0.3) is 11.3 Å². The lowest BCUT2D eigenvalue weighted by molar-refractivity contribution is 0.0329. The van der Waals surface area contributed by atoms with Crippen LogP contribution in [0.2, 0.25) is 0 Å². The summed E-state index contributed by atoms with van der Waals surface area (Å²) in [5, 5.41) is 19.9. The molecule has 3 N–H and O–H groups in total. The van der Waals surface area contributed by atoms with E-state index in [1.807, 2.05) is 24.3 Å². The van der Waals surface area contributed by atoms with Crippen molar-refractivity contribution in [3.8, 4) is 17.0 Å². The van der Waals surface area contributed by atoms with Gasteiger partial charge in [-0.1, -0.05) is 0 Å². The van der Waals surface area contributed by atoms with Gasteiger partial charge in [-0.05, 0) is 49.4 Å². The number of amides is 1. The van der Waals surface area contributed by atoms with Gasteiger partial charge in [0.25, 0.3) is 5.91 Å². The number of aromatic nitrogens is 2. The number of methoxy groups -OCH3 is 1. The summed E-state index contributed by atoms with van der Waals surface area (Å²) in [5.74, 6) is 0.771. The van der Waals surface area contributed by atoms with E-state index in [0.29, 0.717) is 17.1 Å². The van der Waals surface area contributed by atoms with Crippen molar-refractivity contribution in [2.24, 2.45) is 0 Å². The van der Waals surface area contributed by atoms with Gasteiger partial charge in [0.05, 0.1) is 25.6 Å². The van der Waals surface area contributed by atoms with E-state index in [1.54, 1.807) is 32.2 Å². The van der Waals surface area contributed by atoms with Gasteiger partial charge in [-0.3, -0.25) is 9.89 Å². The van der Waals surface area contributed by atoms with Crippen LogP contribution in [0, 0.1) is 0 Å². The molecule has 1 atom stereocenters. The number of nitrogens with zero attached hydrogens (tertiary/aromatic N) is 1. The van der Waals surface area contributed by atoms with Crippen molar-refractivity contribution in [3.05, 3.63) is 60.2 Å². The zero-order valence-electron chi connectivity index (χ0n) is 13.9. The molecule has 1 unspecified atom stereocenters. The molecule has 7 heteroatoms. The fourth-order valence-electron chi connectivity index (χ4n) is 2.37. The lowest BCUT2D eigenvalue weighted by Gasteiger charge is -2.20. The molecular formula is C18H19N3O4. The van der Waals surface area contributed by atoms with Crippen LogP contribution in [-0.4, -0.2) is 34.9 Å². The Morgan fingerprint density at radius 3 is 2.76 bits per heavy atom. The third kappa shape index (κ3) is 3.72. The van der Waals surface area contributed by atoms with E-state index in [9.17, 15) is 9.90 Å². The van der Waals surface area contributed by atoms with Gasteiger partial charge in [-0.2, -0.15) is 5.10 Å². The highest BCUT2D eigenvalue weighted by Crippen LogP contribution is 2.22. The molecule has 0 saturated carbocycles. The molecule has 3 rings (SSSR count). The lowest BCUT2D eigenvalue weighted by atomic mass is 10.0. The molecule has 2 aromatic heterocycles. The number of ether oxygens (including phenoxy) is 1. The summed E-state index contributed by atoms with van der Waals surface area (Å²) in [4.78, 5) is 12.3. The first kappa shape index (κ1) is 16.8. The Bertz CT molecular complexity index is 836. The van der Waals surface area contributed by atoms with Gasteiger partial charge in [-0.15, -0.1) is 0 Å². The van der Waals surface area contributed by atoms with Crippen molar-refractivity contribution in [3.63, 3.8) is 0 Å². The number of aliphatic hydroxyl groups is 1. The van der Waals surface area contributed by atoms with Crippen LogP contribution in [0.4, 0.5) is 0 Å². The van der Waals surface area contributed by atoms with Gasteiger partial charge >= 0.3 is 0 Å². The number of benzene rings is 1. The van der Waals surface area contributed by atoms with E-state index in [-0.39, 0.29) is 12.5 Å². The number of carbonyl (C=O) groups is 1. The van der Waals surface area contributed by atoms with Crippen molar-refractivity contribution in [1.29, 1.82) is 0 Å². The average Bonchev–Trinajstić information content (AvgIpc) is 3.31. The molecule has 0 spiro atoms. The first-order chi connectivity index (χ1) is 12.0. The lowest BCUT2D eigenvalue weighted by Crippen LogP contribution is -2.38. The fourth-order valence-corrected chi connectivity index (χ4v) is 2.37. The van der Waals surface area contributed by atoms with Crippen LogP contribution in [0.5, 0.6) is 5.75 Å². The van der Waals surface area contributed by atoms with E-state index < -0.39 is 5.60 Å². The Labute approximate surface area is 144 Å². The summed E-state index contributed by atoms with van der Waals surface area (Å²) >= 11 is 0. The maximum Gasteiger partial charge on any atom is 0.269 e. The second kappa shape index (κ2) is 6.82. The standard InChI is InChI=1S/C18H19N3O4/c1-18(23,16-4-3-9-25-16)11-19-17(22)15-10-14(20-21-15)12-5-7-13(24-2)8-6-12/h3-10,23H,11H2,1-2H3,(H,19,22)(H,20,21). The molecule has 0 fully saturated rings. The summed E-state index contributed by atoms with van der Waals surface area (Å²) in [6.45, 7) is 1.58. The molecule has 0 aliphatic rings. The Morgan fingerprint density at radius 1 is 1.36 bits per heavy atom. The summed E-state index contributed by atoms with van der Waals surface area (Å²) in [5.41, 5.74) is 0.517. The fraction of sp³-hybridized carbons (Fsp3) is 0.222. The van der Waals surface area contributed by atoms with Gasteiger partial charge in [-0.25, -0.2) is 0 Å². The van der Waals surface area contributed by atoms with Crippen LogP contribution in [0.3, 0.4) is 0 Å². The number of furan rings is 1. The zero-order valence-corrected chi connectivity index (χ0v) is 13.9. The van der Waals surface area contributed by atoms with Crippen molar-refractivity contribution in [2.75, 3.05) is 13.7 Å². The third-order valence-corrected chi connectivity index (χ3v) is 3.85. The first-order valence-electron chi connectivity index (χ1n) is 7.74. The summed E-state index contributed by atoms with van der Waals surface area (Å²) in [6.07, 6.45) is 1.47. The predicted molar refractivity (Wildman–Crippen MR) is 91.2 cm³/mol. The highest BCUT2D eigenvalue weighted by molar-refractivity contribution is 5.93. The van der Waals surface area contributed by atoms with Crippen molar-refractivity contribution in [1.82, 2.24) is 15.5 Å². The number of H-pyrrole nitrogens is 1. The molecule has 25 heavy (non-hydrogen) atoms. The summed E-state index contributed by atoms with van der Waals surface area (Å²) in [7, 11) is 1.60. The van der Waals surface area contributed by atoms with Crippen LogP contribution in [-0.2, 0) is 5.60 Å². The molecular weight excluding hydrogens is 322 g/mol. The molecule has 3 aromatic rings. The quantitative estimate of drug-likeness (QED) is 0.639. The SMILES string of the molecule is COc1ccc(-c2cc(C(=O)NCC(C)(O)c3ccco3)[nH]n2)cc1. The number of carbonyl (C=O) groups excluding carboxylic acids is 1. The van der Waals surface area contributed by atoms with Crippen molar-refractivity contribution >= 4 is 5.91 Å². The van der Waals surface area contributed by atoms with E-state index in [4.69, 9.17) is 9.15 Å². The number of rotatable bonds is 6. The van der Waals surface area contributed by atoms with Crippen LogP contribution in [0.1, 0.15) is 23.2 Å². The monoisotopic (exact) mass is 341 g/mol. The number of hydrogen-bond donors (Lipinski definition) is 3. The molecule has 130 valence electrons. The molecule has 0 bridgehead atoms. The Hall–Kier alpha value is -3.06. The van der Waals surface area contributed by atoms with E-state index >= 15 is 0 Å². The Morgan fingerprint density at radius 2 is 2.12 bits per heavy atom. The molecule has 2 heterocycles. The smallest absolute Gasteiger partial charge is 0.269 e. The molecule has 0 saturated heterocycles. The van der Waals surface area contributed by atoms with E-state index in [1.165, 1.54) is 6.26 Å². The largest absolute Gasteiger partial charge is 0.497 e. The topological polar surface area (TPSA) is 100 Å². The van der Waals surface area contributed by atoms with Crippen molar-refractivity contribution in [2.45, 2.75) is 12.5 Å². The third-order valence-electron chi connectivity index (χ3n) is 3.85. The molecule has 0 aliphatic carbocycles. The number of hydrogen-bond acceptors (Lipinski definition) is 5. The molecule has 0 radical (unpaired) electrons. The highest BCUT2D eigenvalue weighted by atomic mass is 16.5. The predicted octanol–water partition coefficient (Wildman–Crippen LogP) is 2.32. The Balaban J connectivity index is 1.66. The summed E-state index contributed by atoms with van der Waals surface area (Å²) < 4.78 is 10.3. The number of aromatic amines is 1. The van der Waals surface area contributed by atoms with E-state index in [0.717, 1.165) is 11.3 Å². The second-order valence-corrected chi connectivity index (χ2v) is 5.83. The van der Waals surface area contributed by atoms with Crippen molar-refractivity contribution < 1.29 is 19.1 Å². The molecule has 7 nitrogen and oxygen atoms in total. The summed E-state index contributed by atoms with van der Waals surface area (Å²) in [6, 6.07) is 12.4. The normalized spacial score (nSPS) is 13.2. The van der Waals surface area contributed by atoms with Gasteiger partial charge in [0, 0.05) is 5.56 Å². The van der Waals surface area contributed by atoms with Gasteiger partial charge in [0.2, 0.25) is 0 Å². The molecule has 1 amide bonds. The maximum absolute atomic E-state index is 12.3. The van der Waals surface area contributed by atoms with Crippen LogP contribution >= 0.6 is 0 Å². The first-order valence-corrected chi connectivity index (χ1v) is 7.74. The average molecular weight is 341 g/mol. The Kier molecular flexibility index (Phi) is 4.58. The van der Waals surface area contributed by atoms with Crippen LogP contribution in [0.15, 0.2) is 53.1 Å². The molecule has 0 aliphatic heterocycles. The minimum atomic E-state index is -1.29. The van der Waals surface area contributed by atoms with Crippen LogP contribution < -0.4 is 10.1 Å². The molecule has 1 aromatic carbocycles. The minimum Gasteiger partial charge on any atom is -0.497 e. The van der Waals surface area contributed by atoms with Gasteiger partial charge < -0.3 is 19.6 Å².